The molecule has 0 atom stereocenters. The summed E-state index contributed by atoms with van der Waals surface area (Å²) in [5.74, 6) is 4.82. The Morgan fingerprint density at radius 3 is 2.87 bits per heavy atom. The summed E-state index contributed by atoms with van der Waals surface area (Å²) in [6.45, 7) is 0. The van der Waals surface area contributed by atoms with Crippen molar-refractivity contribution in [2.24, 2.45) is 5.73 Å². The van der Waals surface area contributed by atoms with Crippen molar-refractivity contribution in [1.29, 1.82) is 0 Å². The normalized spacial score (nSPS) is 8.87. The molecule has 2 N–H and O–H groups in total. The van der Waals surface area contributed by atoms with Gasteiger partial charge < -0.3 is 5.73 Å². The molecule has 0 aromatic heterocycles. The number of primary amides is 1. The summed E-state index contributed by atoms with van der Waals surface area (Å²) in [6.07, 6.45) is 0.653. The zero-order valence-electron chi connectivity index (χ0n) is 7.79. The second-order valence-corrected chi connectivity index (χ2v) is 3.21. The summed E-state index contributed by atoms with van der Waals surface area (Å²) in [5.41, 5.74) is 5.92. The predicted molar refractivity (Wildman–Crippen MR) is 57.5 cm³/mol. The molecule has 1 aromatic rings. The summed E-state index contributed by atoms with van der Waals surface area (Å²) in [7, 11) is 0. The van der Waals surface area contributed by atoms with Crippen LogP contribution in [-0.4, -0.2) is 12.2 Å². The van der Waals surface area contributed by atoms with E-state index in [2.05, 4.69) is 11.8 Å². The van der Waals surface area contributed by atoms with Gasteiger partial charge in [0, 0.05) is 11.1 Å². The molecule has 0 aliphatic heterocycles. The maximum atomic E-state index is 10.6. The summed E-state index contributed by atoms with van der Waals surface area (Å²) < 4.78 is 0. The fourth-order valence-corrected chi connectivity index (χ4v) is 1.11. The monoisotopic (exact) mass is 221 g/mol. The Morgan fingerprint density at radius 1 is 1.53 bits per heavy atom. The van der Waals surface area contributed by atoms with Crippen molar-refractivity contribution in [2.45, 2.75) is 6.42 Å². The molecule has 0 saturated carbocycles. The van der Waals surface area contributed by atoms with E-state index in [9.17, 15) is 9.59 Å². The van der Waals surface area contributed by atoms with E-state index < -0.39 is 5.91 Å². The number of nitrogens with two attached hydrogens (primary N) is 1. The number of benzene rings is 1. The number of amides is 1. The van der Waals surface area contributed by atoms with Crippen molar-refractivity contribution in [3.8, 4) is 11.8 Å². The maximum Gasteiger partial charge on any atom is 0.229 e. The average Bonchev–Trinajstić information content (AvgIpc) is 2.20. The Labute approximate surface area is 92.2 Å². The van der Waals surface area contributed by atoms with Gasteiger partial charge in [0.15, 0.2) is 6.29 Å². The number of hydrogen-bond acceptors (Lipinski definition) is 2. The molecule has 76 valence electrons. The van der Waals surface area contributed by atoms with Crippen LogP contribution < -0.4 is 5.73 Å². The molecule has 0 heterocycles. The number of rotatable bonds is 2. The minimum atomic E-state index is -0.480. The Kier molecular flexibility index (Phi) is 3.90. The van der Waals surface area contributed by atoms with Gasteiger partial charge in [-0.15, -0.1) is 0 Å². The smallest absolute Gasteiger partial charge is 0.229 e. The molecule has 0 aliphatic carbocycles. The second kappa shape index (κ2) is 5.18. The number of carbonyl (C=O) groups excluding carboxylic acids is 2. The van der Waals surface area contributed by atoms with Crippen LogP contribution in [0.5, 0.6) is 0 Å². The Balaban J connectivity index is 2.90. The third-order valence-electron chi connectivity index (χ3n) is 1.62. The van der Waals surface area contributed by atoms with Crippen LogP contribution >= 0.6 is 11.6 Å². The van der Waals surface area contributed by atoms with Gasteiger partial charge in [-0.25, -0.2) is 0 Å². The lowest BCUT2D eigenvalue weighted by Gasteiger charge is -1.95. The van der Waals surface area contributed by atoms with Gasteiger partial charge in [0.05, 0.1) is 11.4 Å². The summed E-state index contributed by atoms with van der Waals surface area (Å²) >= 11 is 5.73. The van der Waals surface area contributed by atoms with Gasteiger partial charge in [-0.3, -0.25) is 9.59 Å². The number of aldehydes is 1. The third kappa shape index (κ3) is 3.45. The largest absolute Gasteiger partial charge is 0.369 e. The highest BCUT2D eigenvalue weighted by atomic mass is 35.5. The first-order valence-corrected chi connectivity index (χ1v) is 4.53. The molecular weight excluding hydrogens is 214 g/mol. The van der Waals surface area contributed by atoms with Gasteiger partial charge in [0.25, 0.3) is 0 Å². The Bertz CT molecular complexity index is 457. The molecule has 0 aliphatic rings. The first-order valence-electron chi connectivity index (χ1n) is 4.15. The molecular formula is C11H8ClNO2. The van der Waals surface area contributed by atoms with Crippen molar-refractivity contribution in [1.82, 2.24) is 0 Å². The first kappa shape index (κ1) is 11.3. The van der Waals surface area contributed by atoms with Crippen LogP contribution in [0.4, 0.5) is 0 Å². The second-order valence-electron chi connectivity index (χ2n) is 2.80. The minimum absolute atomic E-state index is 0.000943. The molecule has 0 unspecified atom stereocenters. The Morgan fingerprint density at radius 2 is 2.27 bits per heavy atom. The van der Waals surface area contributed by atoms with E-state index >= 15 is 0 Å². The summed E-state index contributed by atoms with van der Waals surface area (Å²) in [5, 5.41) is 0.380. The zero-order valence-corrected chi connectivity index (χ0v) is 8.54. The van der Waals surface area contributed by atoms with Crippen LogP contribution in [-0.2, 0) is 4.79 Å². The molecule has 0 radical (unpaired) electrons. The fourth-order valence-electron chi connectivity index (χ4n) is 0.945. The molecule has 0 bridgehead atoms. The summed E-state index contributed by atoms with van der Waals surface area (Å²) in [4.78, 5) is 21.0. The number of carbonyl (C=O) groups is 2. The van der Waals surface area contributed by atoms with Gasteiger partial charge >= 0.3 is 0 Å². The molecule has 3 nitrogen and oxygen atoms in total. The van der Waals surface area contributed by atoms with Gasteiger partial charge in [0.2, 0.25) is 5.91 Å². The highest BCUT2D eigenvalue weighted by Gasteiger charge is 1.98. The van der Waals surface area contributed by atoms with E-state index in [0.29, 0.717) is 22.4 Å². The lowest BCUT2D eigenvalue weighted by atomic mass is 10.1. The predicted octanol–water partition coefficient (Wildman–Crippen LogP) is 1.38. The van der Waals surface area contributed by atoms with E-state index in [0.717, 1.165) is 0 Å². The van der Waals surface area contributed by atoms with Gasteiger partial charge in [-0.1, -0.05) is 23.4 Å². The van der Waals surface area contributed by atoms with Gasteiger partial charge in [0.1, 0.15) is 0 Å². The molecule has 1 rings (SSSR count). The lowest BCUT2D eigenvalue weighted by Crippen LogP contribution is -2.08. The van der Waals surface area contributed by atoms with Gasteiger partial charge in [-0.2, -0.15) is 0 Å². The molecule has 0 spiro atoms. The average molecular weight is 222 g/mol. The molecule has 1 amide bonds. The van der Waals surface area contributed by atoms with E-state index in [-0.39, 0.29) is 6.42 Å². The SMILES string of the molecule is NC(=O)CC#Cc1ccc(Cl)c(C=O)c1. The molecule has 15 heavy (non-hydrogen) atoms. The van der Waals surface area contributed by atoms with Crippen LogP contribution in [0.25, 0.3) is 0 Å². The van der Waals surface area contributed by atoms with E-state index in [1.54, 1.807) is 18.2 Å². The molecule has 1 aromatic carbocycles. The fraction of sp³-hybridized carbons (Fsp3) is 0.0909. The van der Waals surface area contributed by atoms with Crippen molar-refractivity contribution in [2.75, 3.05) is 0 Å². The first-order chi connectivity index (χ1) is 7.13. The molecule has 4 heteroatoms. The highest BCUT2D eigenvalue weighted by molar-refractivity contribution is 6.32. The van der Waals surface area contributed by atoms with Crippen LogP contribution in [0.3, 0.4) is 0 Å². The topological polar surface area (TPSA) is 60.2 Å². The third-order valence-corrected chi connectivity index (χ3v) is 1.96. The van der Waals surface area contributed by atoms with Crippen molar-refractivity contribution < 1.29 is 9.59 Å². The zero-order chi connectivity index (χ0) is 11.3. The van der Waals surface area contributed by atoms with Crippen molar-refractivity contribution in [3.63, 3.8) is 0 Å². The summed E-state index contributed by atoms with van der Waals surface area (Å²) in [6, 6.07) is 4.81. The van der Waals surface area contributed by atoms with Crippen LogP contribution in [0.15, 0.2) is 18.2 Å². The van der Waals surface area contributed by atoms with Crippen LogP contribution in [0.2, 0.25) is 5.02 Å². The Hall–Kier alpha value is -1.79. The quantitative estimate of drug-likeness (QED) is 0.606. The van der Waals surface area contributed by atoms with Crippen molar-refractivity contribution >= 4 is 23.8 Å². The maximum absolute atomic E-state index is 10.6. The number of halogens is 1. The van der Waals surface area contributed by atoms with Crippen LogP contribution in [0, 0.1) is 11.8 Å². The molecule has 0 fully saturated rings. The number of hydrogen-bond donors (Lipinski definition) is 1. The minimum Gasteiger partial charge on any atom is -0.369 e. The van der Waals surface area contributed by atoms with Gasteiger partial charge in [-0.05, 0) is 18.2 Å². The van der Waals surface area contributed by atoms with Crippen molar-refractivity contribution in [3.05, 3.63) is 34.3 Å². The van der Waals surface area contributed by atoms with E-state index in [1.165, 1.54) is 0 Å². The molecule has 0 saturated heterocycles. The highest BCUT2D eigenvalue weighted by Crippen LogP contribution is 2.14. The van der Waals surface area contributed by atoms with E-state index in [4.69, 9.17) is 17.3 Å². The van der Waals surface area contributed by atoms with Crippen LogP contribution in [0.1, 0.15) is 22.3 Å². The lowest BCUT2D eigenvalue weighted by molar-refractivity contribution is -0.117. The van der Waals surface area contributed by atoms with E-state index in [1.807, 2.05) is 0 Å². The standard InChI is InChI=1S/C11H8ClNO2/c12-10-5-4-8(6-9(10)7-14)2-1-3-11(13)15/h4-7H,3H2,(H2,13,15).